The number of piperazine rings is 1. The van der Waals surface area contributed by atoms with E-state index in [9.17, 15) is 4.79 Å². The number of amides is 1. The molecule has 1 heterocycles. The van der Waals surface area contributed by atoms with Gasteiger partial charge in [0.25, 0.3) is 0 Å². The summed E-state index contributed by atoms with van der Waals surface area (Å²) in [7, 11) is 0. The van der Waals surface area contributed by atoms with Gasteiger partial charge < -0.3 is 15.1 Å². The molecule has 6 heteroatoms. The van der Waals surface area contributed by atoms with Gasteiger partial charge in [-0.15, -0.1) is 0 Å². The lowest BCUT2D eigenvalue weighted by Gasteiger charge is -2.36. The summed E-state index contributed by atoms with van der Waals surface area (Å²) in [5.74, 6) is 1.09. The number of carbonyl (C=O) groups is 1. The molecule has 0 unspecified atom stereocenters. The molecule has 2 rings (SSSR count). The number of nitrogens with one attached hydrogen (secondary N) is 1. The first kappa shape index (κ1) is 21.2. The number of nitrogens with zero attached hydrogens (tertiary/aromatic N) is 4. The van der Waals surface area contributed by atoms with E-state index in [0.717, 1.165) is 58.3 Å². The van der Waals surface area contributed by atoms with E-state index in [2.05, 4.69) is 60.2 Å². The third-order valence-corrected chi connectivity index (χ3v) is 5.06. The van der Waals surface area contributed by atoms with Crippen molar-refractivity contribution >= 4 is 11.9 Å². The fourth-order valence-electron chi connectivity index (χ4n) is 3.36. The highest BCUT2D eigenvalue weighted by Gasteiger charge is 2.20. The summed E-state index contributed by atoms with van der Waals surface area (Å²) in [4.78, 5) is 22.9. The minimum absolute atomic E-state index is 0.154. The van der Waals surface area contributed by atoms with Crippen molar-refractivity contribution in [2.75, 3.05) is 45.8 Å². The lowest BCUT2D eigenvalue weighted by atomic mass is 10.1. The summed E-state index contributed by atoms with van der Waals surface area (Å²) < 4.78 is 0. The average Bonchev–Trinajstić information content (AvgIpc) is 2.69. The summed E-state index contributed by atoms with van der Waals surface area (Å²) in [5, 5.41) is 3.40. The Balaban J connectivity index is 2.01. The summed E-state index contributed by atoms with van der Waals surface area (Å²) in [6, 6.07) is 8.73. The van der Waals surface area contributed by atoms with E-state index in [4.69, 9.17) is 4.99 Å². The van der Waals surface area contributed by atoms with Crippen molar-refractivity contribution in [3.63, 3.8) is 0 Å². The molecular weight excluding hydrogens is 338 g/mol. The summed E-state index contributed by atoms with van der Waals surface area (Å²) in [6.45, 7) is 15.9. The Labute approximate surface area is 164 Å². The molecule has 1 N–H and O–H groups in total. The minimum atomic E-state index is 0.154. The van der Waals surface area contributed by atoms with E-state index in [-0.39, 0.29) is 5.91 Å². The van der Waals surface area contributed by atoms with Crippen LogP contribution in [0.4, 0.5) is 0 Å². The number of aliphatic imine (C=N–C) groups is 1. The maximum atomic E-state index is 11.5. The van der Waals surface area contributed by atoms with E-state index in [1.54, 1.807) is 6.92 Å². The molecule has 1 aliphatic heterocycles. The molecule has 27 heavy (non-hydrogen) atoms. The van der Waals surface area contributed by atoms with E-state index >= 15 is 0 Å². The zero-order valence-electron chi connectivity index (χ0n) is 17.4. The van der Waals surface area contributed by atoms with Crippen LogP contribution < -0.4 is 5.32 Å². The standard InChI is InChI=1S/C21H35N5O/c1-5-22-21(26-13-11-25(12-14-26)18(4)27)23-16-19-9-8-10-20(15-19)17-24(6-2)7-3/h8-10,15H,5-7,11-14,16-17H2,1-4H3,(H,22,23). The van der Waals surface area contributed by atoms with Gasteiger partial charge in [0.05, 0.1) is 6.54 Å². The monoisotopic (exact) mass is 373 g/mol. The Kier molecular flexibility index (Phi) is 8.58. The molecule has 1 aromatic rings. The molecule has 1 saturated heterocycles. The SMILES string of the molecule is CCNC(=NCc1cccc(CN(CC)CC)c1)N1CCN(C(C)=O)CC1. The zero-order valence-corrected chi connectivity index (χ0v) is 17.4. The predicted octanol–water partition coefficient (Wildman–Crippen LogP) is 2.16. The lowest BCUT2D eigenvalue weighted by Crippen LogP contribution is -2.53. The van der Waals surface area contributed by atoms with Crippen LogP contribution in [-0.4, -0.2) is 72.4 Å². The average molecular weight is 374 g/mol. The Bertz CT molecular complexity index is 619. The van der Waals surface area contributed by atoms with Crippen LogP contribution in [0.15, 0.2) is 29.3 Å². The maximum Gasteiger partial charge on any atom is 0.219 e. The summed E-state index contributed by atoms with van der Waals surface area (Å²) in [6.07, 6.45) is 0. The largest absolute Gasteiger partial charge is 0.357 e. The van der Waals surface area contributed by atoms with Crippen molar-refractivity contribution in [1.82, 2.24) is 20.0 Å². The van der Waals surface area contributed by atoms with E-state index in [0.29, 0.717) is 6.54 Å². The van der Waals surface area contributed by atoms with Gasteiger partial charge in [-0.25, -0.2) is 4.99 Å². The van der Waals surface area contributed by atoms with Crippen LogP contribution in [0.3, 0.4) is 0 Å². The second kappa shape index (κ2) is 10.9. The highest BCUT2D eigenvalue weighted by molar-refractivity contribution is 5.80. The molecule has 0 atom stereocenters. The Hall–Kier alpha value is -2.08. The smallest absolute Gasteiger partial charge is 0.219 e. The quantitative estimate of drug-likeness (QED) is 0.588. The van der Waals surface area contributed by atoms with Crippen molar-refractivity contribution in [3.8, 4) is 0 Å². The molecular formula is C21H35N5O. The van der Waals surface area contributed by atoms with Crippen LogP contribution in [0.1, 0.15) is 38.8 Å². The first-order valence-electron chi connectivity index (χ1n) is 10.2. The molecule has 0 saturated carbocycles. The van der Waals surface area contributed by atoms with Gasteiger partial charge in [-0.1, -0.05) is 38.1 Å². The van der Waals surface area contributed by atoms with Gasteiger partial charge in [0.15, 0.2) is 5.96 Å². The number of rotatable bonds is 7. The van der Waals surface area contributed by atoms with Crippen molar-refractivity contribution in [2.24, 2.45) is 4.99 Å². The van der Waals surface area contributed by atoms with Gasteiger partial charge in [0, 0.05) is 46.2 Å². The summed E-state index contributed by atoms with van der Waals surface area (Å²) >= 11 is 0. The number of carbonyl (C=O) groups excluding carboxylic acids is 1. The second-order valence-electron chi connectivity index (χ2n) is 6.94. The van der Waals surface area contributed by atoms with E-state index in [1.165, 1.54) is 11.1 Å². The first-order valence-corrected chi connectivity index (χ1v) is 10.2. The molecule has 1 aromatic carbocycles. The van der Waals surface area contributed by atoms with Gasteiger partial charge in [-0.3, -0.25) is 9.69 Å². The van der Waals surface area contributed by atoms with Crippen LogP contribution in [0.5, 0.6) is 0 Å². The van der Waals surface area contributed by atoms with Crippen molar-refractivity contribution in [1.29, 1.82) is 0 Å². The molecule has 0 bridgehead atoms. The number of hydrogen-bond donors (Lipinski definition) is 1. The van der Waals surface area contributed by atoms with Crippen molar-refractivity contribution in [3.05, 3.63) is 35.4 Å². The number of benzene rings is 1. The van der Waals surface area contributed by atoms with Gasteiger partial charge in [-0.05, 0) is 31.1 Å². The highest BCUT2D eigenvalue weighted by atomic mass is 16.2. The molecule has 0 spiro atoms. The maximum absolute atomic E-state index is 11.5. The second-order valence-corrected chi connectivity index (χ2v) is 6.94. The minimum Gasteiger partial charge on any atom is -0.357 e. The number of hydrogen-bond acceptors (Lipinski definition) is 3. The molecule has 1 aliphatic rings. The predicted molar refractivity (Wildman–Crippen MR) is 112 cm³/mol. The van der Waals surface area contributed by atoms with Crippen LogP contribution in [0.25, 0.3) is 0 Å². The van der Waals surface area contributed by atoms with Gasteiger partial charge in [0.2, 0.25) is 5.91 Å². The van der Waals surface area contributed by atoms with Gasteiger partial charge >= 0.3 is 0 Å². The normalized spacial score (nSPS) is 15.4. The molecule has 0 aromatic heterocycles. The first-order chi connectivity index (χ1) is 13.1. The van der Waals surface area contributed by atoms with Crippen LogP contribution in [0.2, 0.25) is 0 Å². The molecule has 1 amide bonds. The zero-order chi connectivity index (χ0) is 19.6. The molecule has 6 nitrogen and oxygen atoms in total. The van der Waals surface area contributed by atoms with E-state index in [1.807, 2.05) is 4.90 Å². The summed E-state index contributed by atoms with van der Waals surface area (Å²) in [5.41, 5.74) is 2.57. The molecule has 0 radical (unpaired) electrons. The third-order valence-electron chi connectivity index (χ3n) is 5.06. The third kappa shape index (κ3) is 6.54. The molecule has 1 fully saturated rings. The van der Waals surface area contributed by atoms with E-state index < -0.39 is 0 Å². The fraction of sp³-hybridized carbons (Fsp3) is 0.619. The van der Waals surface area contributed by atoms with Crippen LogP contribution in [0, 0.1) is 0 Å². The molecule has 150 valence electrons. The van der Waals surface area contributed by atoms with Gasteiger partial charge in [0.1, 0.15) is 0 Å². The Morgan fingerprint density at radius 2 is 1.70 bits per heavy atom. The lowest BCUT2D eigenvalue weighted by molar-refractivity contribution is -0.130. The highest BCUT2D eigenvalue weighted by Crippen LogP contribution is 2.10. The number of guanidine groups is 1. The van der Waals surface area contributed by atoms with Gasteiger partial charge in [-0.2, -0.15) is 0 Å². The van der Waals surface area contributed by atoms with Crippen LogP contribution >= 0.6 is 0 Å². The fourth-order valence-corrected chi connectivity index (χ4v) is 3.36. The Morgan fingerprint density at radius 1 is 1.07 bits per heavy atom. The van der Waals surface area contributed by atoms with Crippen LogP contribution in [-0.2, 0) is 17.9 Å². The Morgan fingerprint density at radius 3 is 2.30 bits per heavy atom. The van der Waals surface area contributed by atoms with Crippen molar-refractivity contribution < 1.29 is 4.79 Å². The molecule has 0 aliphatic carbocycles. The van der Waals surface area contributed by atoms with Crippen molar-refractivity contribution in [2.45, 2.75) is 40.8 Å². The topological polar surface area (TPSA) is 51.2 Å².